The van der Waals surface area contributed by atoms with Gasteiger partial charge in [-0.15, -0.1) is 11.3 Å². The molecule has 1 N–H and O–H groups in total. The van der Waals surface area contributed by atoms with Gasteiger partial charge < -0.3 is 10.2 Å². The fourth-order valence-electron chi connectivity index (χ4n) is 2.78. The average Bonchev–Trinajstić information content (AvgIpc) is 2.97. The minimum Gasteiger partial charge on any atom is -0.337 e. The number of likely N-dealkylation sites (tertiary alicyclic amines) is 1. The molecule has 1 aromatic rings. The monoisotopic (exact) mass is 344 g/mol. The molecule has 22 heavy (non-hydrogen) atoms. The van der Waals surface area contributed by atoms with E-state index in [-0.39, 0.29) is 24.4 Å². The van der Waals surface area contributed by atoms with Crippen LogP contribution in [0.15, 0.2) is 17.5 Å². The van der Waals surface area contributed by atoms with Crippen molar-refractivity contribution in [2.24, 2.45) is 0 Å². The van der Waals surface area contributed by atoms with E-state index in [9.17, 15) is 13.2 Å². The van der Waals surface area contributed by atoms with E-state index in [0.29, 0.717) is 0 Å². The van der Waals surface area contributed by atoms with E-state index in [1.165, 1.54) is 11.1 Å². The molecule has 0 aromatic carbocycles. The van der Waals surface area contributed by atoms with Gasteiger partial charge in [-0.3, -0.25) is 0 Å². The third kappa shape index (κ3) is 5.61. The predicted molar refractivity (Wildman–Crippen MR) is 90.1 cm³/mol. The number of nitrogens with zero attached hydrogens (tertiary/aromatic N) is 1. The van der Waals surface area contributed by atoms with Crippen LogP contribution < -0.4 is 5.32 Å². The molecule has 1 aliphatic heterocycles. The first-order valence-electron chi connectivity index (χ1n) is 7.70. The Balaban J connectivity index is 1.84. The van der Waals surface area contributed by atoms with Crippen LogP contribution in [0.4, 0.5) is 4.79 Å². The number of hydrogen-bond donors (Lipinski definition) is 1. The molecule has 0 saturated carbocycles. The van der Waals surface area contributed by atoms with Crippen molar-refractivity contribution in [1.82, 2.24) is 10.2 Å². The van der Waals surface area contributed by atoms with Crippen molar-refractivity contribution in [2.75, 3.05) is 25.1 Å². The molecular formula is C15H24N2O3S2. The number of nitrogens with one attached hydrogen (secondary N) is 1. The standard InChI is InChI=1S/C15H24N2O3S2/c1-22(19,20)12-9-16-15(18)17-10-3-2-5-13(17)7-8-14-6-4-11-21-14/h4,6,11,13H,2-3,5,7-10,12H2,1H3,(H,16,18). The molecule has 1 fully saturated rings. The number of thiophene rings is 1. The third-order valence-corrected chi connectivity index (χ3v) is 5.82. The number of sulfone groups is 1. The van der Waals surface area contributed by atoms with Crippen LogP contribution in [0.3, 0.4) is 0 Å². The minimum atomic E-state index is -3.04. The second-order valence-electron chi connectivity index (χ2n) is 5.82. The number of urea groups is 1. The predicted octanol–water partition coefficient (Wildman–Crippen LogP) is 2.29. The Morgan fingerprint density at radius 3 is 2.95 bits per heavy atom. The first kappa shape index (κ1) is 17.3. The molecule has 1 aromatic heterocycles. The lowest BCUT2D eigenvalue weighted by atomic mass is 9.98. The van der Waals surface area contributed by atoms with E-state index in [4.69, 9.17) is 0 Å². The number of amides is 2. The van der Waals surface area contributed by atoms with Crippen LogP contribution in [-0.4, -0.2) is 50.5 Å². The summed E-state index contributed by atoms with van der Waals surface area (Å²) in [5.74, 6) is -0.00750. The van der Waals surface area contributed by atoms with Crippen LogP contribution in [0.25, 0.3) is 0 Å². The Kier molecular flexibility index (Phi) is 6.26. The molecule has 1 atom stereocenters. The fraction of sp³-hybridized carbons (Fsp3) is 0.667. The molecule has 0 bridgehead atoms. The topological polar surface area (TPSA) is 66.5 Å². The zero-order valence-electron chi connectivity index (χ0n) is 13.0. The number of rotatable bonds is 6. The Morgan fingerprint density at radius 1 is 1.45 bits per heavy atom. The third-order valence-electron chi connectivity index (χ3n) is 3.94. The van der Waals surface area contributed by atoms with Gasteiger partial charge in [0.15, 0.2) is 0 Å². The lowest BCUT2D eigenvalue weighted by molar-refractivity contribution is 0.147. The maximum atomic E-state index is 12.3. The van der Waals surface area contributed by atoms with E-state index in [1.54, 1.807) is 11.3 Å². The van der Waals surface area contributed by atoms with E-state index >= 15 is 0 Å². The van der Waals surface area contributed by atoms with Gasteiger partial charge in [0, 0.05) is 30.3 Å². The van der Waals surface area contributed by atoms with Crippen LogP contribution in [0.1, 0.15) is 30.6 Å². The summed E-state index contributed by atoms with van der Waals surface area (Å²) in [6.07, 6.45) is 6.36. The molecular weight excluding hydrogens is 320 g/mol. The summed E-state index contributed by atoms with van der Waals surface area (Å²) in [5.41, 5.74) is 0. The van der Waals surface area contributed by atoms with Crippen molar-refractivity contribution in [3.63, 3.8) is 0 Å². The fourth-order valence-corrected chi connectivity index (χ4v) is 3.97. The van der Waals surface area contributed by atoms with Gasteiger partial charge in [-0.2, -0.15) is 0 Å². The van der Waals surface area contributed by atoms with Gasteiger partial charge >= 0.3 is 6.03 Å². The van der Waals surface area contributed by atoms with E-state index < -0.39 is 9.84 Å². The smallest absolute Gasteiger partial charge is 0.317 e. The van der Waals surface area contributed by atoms with E-state index in [2.05, 4.69) is 22.8 Å². The van der Waals surface area contributed by atoms with Gasteiger partial charge in [-0.1, -0.05) is 6.07 Å². The Morgan fingerprint density at radius 2 is 2.27 bits per heavy atom. The maximum Gasteiger partial charge on any atom is 0.317 e. The highest BCUT2D eigenvalue weighted by atomic mass is 32.2. The summed E-state index contributed by atoms with van der Waals surface area (Å²) < 4.78 is 22.2. The highest BCUT2D eigenvalue weighted by molar-refractivity contribution is 7.90. The molecule has 0 spiro atoms. The average molecular weight is 345 g/mol. The molecule has 1 saturated heterocycles. The summed E-state index contributed by atoms with van der Waals surface area (Å²) in [6.45, 7) is 0.950. The Labute approximate surface area is 136 Å². The quantitative estimate of drug-likeness (QED) is 0.861. The van der Waals surface area contributed by atoms with Crippen LogP contribution in [0, 0.1) is 0 Å². The lowest BCUT2D eigenvalue weighted by Crippen LogP contribution is -2.49. The van der Waals surface area contributed by atoms with Crippen molar-refractivity contribution in [1.29, 1.82) is 0 Å². The number of aryl methyl sites for hydroxylation is 1. The second kappa shape index (κ2) is 7.97. The highest BCUT2D eigenvalue weighted by Crippen LogP contribution is 2.22. The van der Waals surface area contributed by atoms with Crippen LogP contribution in [0.5, 0.6) is 0 Å². The minimum absolute atomic E-state index is 0.00750. The molecule has 2 amide bonds. The lowest BCUT2D eigenvalue weighted by Gasteiger charge is -2.35. The van der Waals surface area contributed by atoms with Crippen LogP contribution >= 0.6 is 11.3 Å². The van der Waals surface area contributed by atoms with Crippen molar-refractivity contribution in [3.8, 4) is 0 Å². The SMILES string of the molecule is CS(=O)(=O)CCNC(=O)N1CCCCC1CCc1cccs1. The number of hydrogen-bond acceptors (Lipinski definition) is 4. The van der Waals surface area contributed by atoms with Crippen molar-refractivity contribution in [2.45, 2.75) is 38.1 Å². The van der Waals surface area contributed by atoms with Gasteiger partial charge in [0.1, 0.15) is 9.84 Å². The normalized spacial score (nSPS) is 19.1. The molecule has 5 nitrogen and oxygen atoms in total. The molecule has 0 radical (unpaired) electrons. The molecule has 2 heterocycles. The molecule has 7 heteroatoms. The van der Waals surface area contributed by atoms with E-state index in [0.717, 1.165) is 38.6 Å². The van der Waals surface area contributed by atoms with Gasteiger partial charge in [-0.05, 0) is 43.6 Å². The second-order valence-corrected chi connectivity index (χ2v) is 9.11. The highest BCUT2D eigenvalue weighted by Gasteiger charge is 2.26. The molecule has 0 aliphatic carbocycles. The zero-order chi connectivity index (χ0) is 16.0. The van der Waals surface area contributed by atoms with Crippen LogP contribution in [0.2, 0.25) is 0 Å². The van der Waals surface area contributed by atoms with Gasteiger partial charge in [-0.25, -0.2) is 13.2 Å². The van der Waals surface area contributed by atoms with Crippen molar-refractivity contribution in [3.05, 3.63) is 22.4 Å². The summed E-state index contributed by atoms with van der Waals surface area (Å²) in [6, 6.07) is 4.31. The summed E-state index contributed by atoms with van der Waals surface area (Å²) in [7, 11) is -3.04. The summed E-state index contributed by atoms with van der Waals surface area (Å²) in [5, 5.41) is 4.82. The molecule has 1 aliphatic rings. The first-order valence-corrected chi connectivity index (χ1v) is 10.6. The van der Waals surface area contributed by atoms with Crippen molar-refractivity contribution < 1.29 is 13.2 Å². The number of carbonyl (C=O) groups excluding carboxylic acids is 1. The summed E-state index contributed by atoms with van der Waals surface area (Å²) >= 11 is 1.75. The van der Waals surface area contributed by atoms with E-state index in [1.807, 2.05) is 4.90 Å². The number of carbonyl (C=O) groups is 1. The largest absolute Gasteiger partial charge is 0.337 e. The summed E-state index contributed by atoms with van der Waals surface area (Å²) in [4.78, 5) is 15.5. The van der Waals surface area contributed by atoms with Crippen LogP contribution in [-0.2, 0) is 16.3 Å². The first-order chi connectivity index (χ1) is 10.5. The number of piperidine rings is 1. The zero-order valence-corrected chi connectivity index (χ0v) is 14.6. The van der Waals surface area contributed by atoms with Gasteiger partial charge in [0.2, 0.25) is 0 Å². The molecule has 2 rings (SSSR count). The van der Waals surface area contributed by atoms with Gasteiger partial charge in [0.25, 0.3) is 0 Å². The molecule has 124 valence electrons. The van der Waals surface area contributed by atoms with Gasteiger partial charge in [0.05, 0.1) is 5.75 Å². The Bertz CT molecular complexity index is 570. The Hall–Kier alpha value is -1.08. The maximum absolute atomic E-state index is 12.3. The molecule has 1 unspecified atom stereocenters. The van der Waals surface area contributed by atoms with Crippen molar-refractivity contribution >= 4 is 27.2 Å².